The molecule has 0 N–H and O–H groups in total. The first-order chi connectivity index (χ1) is 10.5. The number of carbonyl (C=O) groups excluding carboxylic acids is 1. The van der Waals surface area contributed by atoms with Crippen molar-refractivity contribution in [2.45, 2.75) is 84.0 Å². The molecule has 0 saturated heterocycles. The van der Waals surface area contributed by atoms with Gasteiger partial charge in [-0.2, -0.15) is 8.42 Å². The molecule has 22 heavy (non-hydrogen) atoms. The number of hydrogen-bond acceptors (Lipinski definition) is 4. The third-order valence-corrected chi connectivity index (χ3v) is 3.88. The smallest absolute Gasteiger partial charge is 0.322 e. The van der Waals surface area contributed by atoms with E-state index in [0.717, 1.165) is 31.9 Å². The summed E-state index contributed by atoms with van der Waals surface area (Å²) in [4.78, 5) is 11.1. The molecule has 5 heteroatoms. The Bertz CT molecular complexity index is 399. The molecule has 0 atom stereocenters. The van der Waals surface area contributed by atoms with Crippen LogP contribution < -0.4 is 0 Å². The second-order valence-electron chi connectivity index (χ2n) is 5.79. The minimum absolute atomic E-state index is 0.185. The number of carbonyl (C=O) groups is 1. The van der Waals surface area contributed by atoms with Crippen LogP contribution in [0.2, 0.25) is 0 Å². The van der Waals surface area contributed by atoms with E-state index in [2.05, 4.69) is 23.3 Å². The Balaban J connectivity index is 3.30. The predicted octanol–water partition coefficient (Wildman–Crippen LogP) is 4.75. The molecule has 0 unspecified atom stereocenters. The molecule has 130 valence electrons. The van der Waals surface area contributed by atoms with Crippen LogP contribution in [0.3, 0.4) is 0 Å². The highest BCUT2D eigenvalue weighted by Gasteiger charge is 2.09. The van der Waals surface area contributed by atoms with Crippen molar-refractivity contribution in [3.63, 3.8) is 0 Å². The van der Waals surface area contributed by atoms with Crippen LogP contribution in [0.1, 0.15) is 84.0 Å². The summed E-state index contributed by atoms with van der Waals surface area (Å²) in [5, 5.41) is 0. The van der Waals surface area contributed by atoms with E-state index in [1.54, 1.807) is 0 Å². The largest absolute Gasteiger partial charge is 0.346 e. The number of hydrogen-bond donors (Lipinski definition) is 0. The van der Waals surface area contributed by atoms with Crippen LogP contribution >= 0.6 is 0 Å². The second kappa shape index (κ2) is 13.8. The van der Waals surface area contributed by atoms with E-state index in [-0.39, 0.29) is 6.42 Å². The normalized spacial score (nSPS) is 11.9. The van der Waals surface area contributed by atoms with Gasteiger partial charge in [0.25, 0.3) is 0 Å². The van der Waals surface area contributed by atoms with Gasteiger partial charge in [0, 0.05) is 6.42 Å². The summed E-state index contributed by atoms with van der Waals surface area (Å²) in [6, 6.07) is 0. The molecule has 0 fully saturated rings. The molecule has 0 spiro atoms. The third kappa shape index (κ3) is 17.2. The zero-order chi connectivity index (χ0) is 16.7. The molecule has 0 aliphatic rings. The SMILES string of the molecule is CCCCCC/C=C\CCCCCCCC(=O)OS(C)(=O)=O. The summed E-state index contributed by atoms with van der Waals surface area (Å²) in [5.41, 5.74) is 0. The molecule has 4 nitrogen and oxygen atoms in total. The van der Waals surface area contributed by atoms with Gasteiger partial charge in [-0.1, -0.05) is 57.6 Å². The van der Waals surface area contributed by atoms with Crippen molar-refractivity contribution >= 4 is 16.1 Å². The molecule has 0 aromatic rings. The van der Waals surface area contributed by atoms with E-state index in [0.29, 0.717) is 6.42 Å². The van der Waals surface area contributed by atoms with E-state index < -0.39 is 16.1 Å². The molecule has 0 aromatic heterocycles. The summed E-state index contributed by atoms with van der Waals surface area (Å²) in [6.45, 7) is 2.23. The van der Waals surface area contributed by atoms with Gasteiger partial charge in [-0.15, -0.1) is 0 Å². The van der Waals surface area contributed by atoms with Crippen LogP contribution in [0.15, 0.2) is 12.2 Å². The molecule has 0 aromatic carbocycles. The van der Waals surface area contributed by atoms with E-state index >= 15 is 0 Å². The van der Waals surface area contributed by atoms with Crippen molar-refractivity contribution in [1.29, 1.82) is 0 Å². The van der Waals surface area contributed by atoms with Crippen LogP contribution in [0.5, 0.6) is 0 Å². The van der Waals surface area contributed by atoms with Crippen LogP contribution in [0, 0.1) is 0 Å². The fourth-order valence-corrected chi connectivity index (χ4v) is 2.62. The van der Waals surface area contributed by atoms with Crippen LogP contribution in [0.4, 0.5) is 0 Å². The van der Waals surface area contributed by atoms with Gasteiger partial charge >= 0.3 is 16.1 Å². The highest BCUT2D eigenvalue weighted by Crippen LogP contribution is 2.09. The van der Waals surface area contributed by atoms with Gasteiger partial charge in [0.05, 0.1) is 6.26 Å². The topological polar surface area (TPSA) is 60.4 Å². The molecule has 0 saturated carbocycles. The lowest BCUT2D eigenvalue weighted by Gasteiger charge is -2.01. The monoisotopic (exact) mass is 332 g/mol. The van der Waals surface area contributed by atoms with E-state index in [1.165, 1.54) is 38.5 Å². The van der Waals surface area contributed by atoms with Gasteiger partial charge in [0.2, 0.25) is 0 Å². The second-order valence-corrected chi connectivity index (χ2v) is 7.36. The van der Waals surface area contributed by atoms with E-state index in [1.807, 2.05) is 0 Å². The Morgan fingerprint density at radius 3 is 1.91 bits per heavy atom. The maximum Gasteiger partial charge on any atom is 0.322 e. The molecule has 0 rings (SSSR count). The zero-order valence-electron chi connectivity index (χ0n) is 14.2. The van der Waals surface area contributed by atoms with Crippen LogP contribution in [-0.2, 0) is 19.1 Å². The van der Waals surface area contributed by atoms with Gasteiger partial charge in [-0.25, -0.2) is 0 Å². The number of rotatable bonds is 14. The van der Waals surface area contributed by atoms with Crippen molar-refractivity contribution in [3.8, 4) is 0 Å². The van der Waals surface area contributed by atoms with E-state index in [4.69, 9.17) is 0 Å². The van der Waals surface area contributed by atoms with Gasteiger partial charge in [-0.3, -0.25) is 4.79 Å². The summed E-state index contributed by atoms with van der Waals surface area (Å²) in [5.74, 6) is -0.645. The van der Waals surface area contributed by atoms with Crippen molar-refractivity contribution in [2.24, 2.45) is 0 Å². The Hall–Kier alpha value is -0.840. The molecule has 0 aliphatic carbocycles. The summed E-state index contributed by atoms with van der Waals surface area (Å²) in [6.07, 6.45) is 18.3. The van der Waals surface area contributed by atoms with Gasteiger partial charge < -0.3 is 4.18 Å². The molecule has 0 amide bonds. The van der Waals surface area contributed by atoms with Gasteiger partial charge in [-0.05, 0) is 32.1 Å². The molecule has 0 heterocycles. The first kappa shape index (κ1) is 21.2. The van der Waals surface area contributed by atoms with Crippen molar-refractivity contribution in [1.82, 2.24) is 0 Å². The van der Waals surface area contributed by atoms with Crippen LogP contribution in [-0.4, -0.2) is 20.6 Å². The maximum absolute atomic E-state index is 11.1. The van der Waals surface area contributed by atoms with Gasteiger partial charge in [0.15, 0.2) is 0 Å². The maximum atomic E-state index is 11.1. The van der Waals surface area contributed by atoms with Crippen molar-refractivity contribution in [3.05, 3.63) is 12.2 Å². The van der Waals surface area contributed by atoms with Crippen molar-refractivity contribution in [2.75, 3.05) is 6.26 Å². The Kier molecular flexibility index (Phi) is 13.3. The Morgan fingerprint density at radius 2 is 1.36 bits per heavy atom. The Labute approximate surface area is 136 Å². The lowest BCUT2D eigenvalue weighted by Crippen LogP contribution is -2.10. The highest BCUT2D eigenvalue weighted by atomic mass is 32.2. The zero-order valence-corrected chi connectivity index (χ0v) is 15.0. The first-order valence-corrected chi connectivity index (χ1v) is 10.3. The standard InChI is InChI=1S/C17H32O4S/c1-3-4-5-6-7-8-9-10-11-12-13-14-15-16-17(18)21-22(2,19)20/h8-9H,3-7,10-16H2,1-2H3/b9-8-. The first-order valence-electron chi connectivity index (χ1n) is 8.53. The fraction of sp³-hybridized carbons (Fsp3) is 0.824. The minimum Gasteiger partial charge on any atom is -0.346 e. The third-order valence-electron chi connectivity index (χ3n) is 3.39. The number of unbranched alkanes of at least 4 members (excludes halogenated alkanes) is 9. The molecular weight excluding hydrogens is 300 g/mol. The lowest BCUT2D eigenvalue weighted by atomic mass is 10.1. The summed E-state index contributed by atoms with van der Waals surface area (Å²) in [7, 11) is -3.65. The summed E-state index contributed by atoms with van der Waals surface area (Å²) < 4.78 is 25.7. The molecular formula is C17H32O4S. The quantitative estimate of drug-likeness (QED) is 0.262. The van der Waals surface area contributed by atoms with Gasteiger partial charge in [0.1, 0.15) is 0 Å². The van der Waals surface area contributed by atoms with E-state index in [9.17, 15) is 13.2 Å². The predicted molar refractivity (Wildman–Crippen MR) is 91.2 cm³/mol. The molecule has 0 aliphatic heterocycles. The minimum atomic E-state index is -3.65. The Morgan fingerprint density at radius 1 is 0.864 bits per heavy atom. The lowest BCUT2D eigenvalue weighted by molar-refractivity contribution is -0.133. The molecule has 0 bridgehead atoms. The average Bonchev–Trinajstić information content (AvgIpc) is 2.42. The van der Waals surface area contributed by atoms with Crippen molar-refractivity contribution < 1.29 is 17.4 Å². The van der Waals surface area contributed by atoms with Crippen LogP contribution in [0.25, 0.3) is 0 Å². The number of allylic oxidation sites excluding steroid dienone is 2. The average molecular weight is 333 g/mol. The highest BCUT2D eigenvalue weighted by molar-refractivity contribution is 7.86. The summed E-state index contributed by atoms with van der Waals surface area (Å²) >= 11 is 0. The fourth-order valence-electron chi connectivity index (χ4n) is 2.20. The molecule has 0 radical (unpaired) electrons.